The number of rotatable bonds is 4. The Morgan fingerprint density at radius 1 is 1.47 bits per heavy atom. The van der Waals surface area contributed by atoms with Crippen molar-refractivity contribution in [3.05, 3.63) is 45.5 Å². The molecule has 0 heterocycles. The molecule has 2 N–H and O–H groups in total. The van der Waals surface area contributed by atoms with Crippen molar-refractivity contribution < 1.29 is 9.72 Å². The Morgan fingerprint density at radius 2 is 2.13 bits per heavy atom. The summed E-state index contributed by atoms with van der Waals surface area (Å²) in [5, 5.41) is 10.1. The van der Waals surface area contributed by atoms with Gasteiger partial charge < -0.3 is 5.73 Å². The lowest BCUT2D eigenvalue weighted by atomic mass is 10.1. The number of nitro groups is 1. The molecule has 0 amide bonds. The topological polar surface area (TPSA) is 86.2 Å². The quantitative estimate of drug-likeness (QED) is 0.475. The second-order valence-electron chi connectivity index (χ2n) is 2.82. The van der Waals surface area contributed by atoms with Crippen LogP contribution >= 0.6 is 12.4 Å². The van der Waals surface area contributed by atoms with Gasteiger partial charge in [-0.05, 0) is 11.6 Å². The number of nitrogens with zero attached hydrogens (tertiary/aromatic N) is 1. The van der Waals surface area contributed by atoms with E-state index >= 15 is 0 Å². The minimum Gasteiger partial charge on any atom is -0.326 e. The van der Waals surface area contributed by atoms with E-state index in [2.05, 4.69) is 0 Å². The third-order valence-corrected chi connectivity index (χ3v) is 1.76. The number of nitrogens with two attached hydrogens (primary N) is 1. The first-order valence-corrected chi connectivity index (χ1v) is 4.07. The van der Waals surface area contributed by atoms with Gasteiger partial charge in [-0.2, -0.15) is 0 Å². The van der Waals surface area contributed by atoms with Crippen molar-refractivity contribution in [2.24, 2.45) is 5.73 Å². The predicted octanol–water partition coefficient (Wildman–Crippen LogP) is 1.03. The zero-order chi connectivity index (χ0) is 10.6. The first-order valence-electron chi connectivity index (χ1n) is 4.07. The van der Waals surface area contributed by atoms with Crippen LogP contribution in [0.15, 0.2) is 24.3 Å². The van der Waals surface area contributed by atoms with Crippen molar-refractivity contribution in [1.82, 2.24) is 0 Å². The third-order valence-electron chi connectivity index (χ3n) is 1.76. The number of benzene rings is 1. The summed E-state index contributed by atoms with van der Waals surface area (Å²) in [6.07, 6.45) is 0. The number of halogens is 1. The van der Waals surface area contributed by atoms with Crippen LogP contribution < -0.4 is 5.73 Å². The summed E-state index contributed by atoms with van der Waals surface area (Å²) < 4.78 is 0. The highest BCUT2D eigenvalue weighted by Crippen LogP contribution is 2.05. The molecule has 0 unspecified atom stereocenters. The van der Waals surface area contributed by atoms with E-state index in [1.165, 1.54) is 0 Å². The lowest BCUT2D eigenvalue weighted by Crippen LogP contribution is -2.14. The van der Waals surface area contributed by atoms with Gasteiger partial charge in [-0.1, -0.05) is 18.2 Å². The largest absolute Gasteiger partial charge is 0.326 e. The molecule has 82 valence electrons. The summed E-state index contributed by atoms with van der Waals surface area (Å²) >= 11 is 0. The van der Waals surface area contributed by atoms with Crippen LogP contribution in [0.1, 0.15) is 15.9 Å². The van der Waals surface area contributed by atoms with Gasteiger partial charge in [0, 0.05) is 17.0 Å². The Morgan fingerprint density at radius 3 is 2.67 bits per heavy atom. The molecule has 0 saturated heterocycles. The number of ketones is 1. The molecule has 0 aromatic heterocycles. The summed E-state index contributed by atoms with van der Waals surface area (Å²) in [6, 6.07) is 6.55. The van der Waals surface area contributed by atoms with Crippen molar-refractivity contribution in [3.63, 3.8) is 0 Å². The lowest BCUT2D eigenvalue weighted by molar-refractivity contribution is -0.465. The van der Waals surface area contributed by atoms with Gasteiger partial charge in [0.2, 0.25) is 5.78 Å². The molecule has 0 radical (unpaired) electrons. The van der Waals surface area contributed by atoms with E-state index < -0.39 is 17.3 Å². The van der Waals surface area contributed by atoms with Gasteiger partial charge in [0.1, 0.15) is 0 Å². The molecule has 1 rings (SSSR count). The Bertz CT molecular complexity index is 368. The van der Waals surface area contributed by atoms with Crippen molar-refractivity contribution in [2.45, 2.75) is 6.54 Å². The average Bonchev–Trinajstić information content (AvgIpc) is 2.17. The fourth-order valence-electron chi connectivity index (χ4n) is 1.08. The number of Topliss-reactive ketones (excluding diaryl/α,β-unsaturated/α-hetero) is 1. The van der Waals surface area contributed by atoms with Crippen LogP contribution in [0.4, 0.5) is 0 Å². The van der Waals surface area contributed by atoms with Crippen LogP contribution in [0.3, 0.4) is 0 Å². The maximum absolute atomic E-state index is 11.2. The molecular weight excluding hydrogens is 220 g/mol. The highest BCUT2D eigenvalue weighted by molar-refractivity contribution is 5.97. The van der Waals surface area contributed by atoms with Gasteiger partial charge in [0.15, 0.2) is 0 Å². The summed E-state index contributed by atoms with van der Waals surface area (Å²) in [5.74, 6) is -0.495. The summed E-state index contributed by atoms with van der Waals surface area (Å²) in [4.78, 5) is 20.7. The molecule has 0 atom stereocenters. The Balaban J connectivity index is 0.00000196. The summed E-state index contributed by atoms with van der Waals surface area (Å²) in [5.41, 5.74) is 6.50. The first-order chi connectivity index (χ1) is 6.63. The minimum absolute atomic E-state index is 0. The standard InChI is InChI=1S/C9H10N2O3.ClH/c10-5-7-2-1-3-8(4-7)9(12)6-11(13)14;/h1-4H,5-6,10H2;1H. The molecule has 0 fully saturated rings. The second-order valence-corrected chi connectivity index (χ2v) is 2.82. The van der Waals surface area contributed by atoms with Crippen LogP contribution in [0.2, 0.25) is 0 Å². The molecule has 0 aliphatic carbocycles. The van der Waals surface area contributed by atoms with Crippen molar-refractivity contribution in [1.29, 1.82) is 0 Å². The third kappa shape index (κ3) is 4.05. The van der Waals surface area contributed by atoms with E-state index in [0.29, 0.717) is 12.1 Å². The first kappa shape index (κ1) is 13.5. The summed E-state index contributed by atoms with van der Waals surface area (Å²) in [7, 11) is 0. The normalized spacial score (nSPS) is 9.13. The fourth-order valence-corrected chi connectivity index (χ4v) is 1.08. The van der Waals surface area contributed by atoms with Gasteiger partial charge in [-0.15, -0.1) is 12.4 Å². The maximum Gasteiger partial charge on any atom is 0.265 e. The fraction of sp³-hybridized carbons (Fsp3) is 0.222. The zero-order valence-corrected chi connectivity index (χ0v) is 8.70. The number of carbonyl (C=O) groups excluding carboxylic acids is 1. The summed E-state index contributed by atoms with van der Waals surface area (Å²) in [6.45, 7) is -0.354. The lowest BCUT2D eigenvalue weighted by Gasteiger charge is -1.99. The Kier molecular flexibility index (Phi) is 5.51. The van der Waals surface area contributed by atoms with E-state index in [9.17, 15) is 14.9 Å². The van der Waals surface area contributed by atoms with Gasteiger partial charge >= 0.3 is 0 Å². The number of hydrogen-bond acceptors (Lipinski definition) is 4. The van der Waals surface area contributed by atoms with Crippen LogP contribution in [0, 0.1) is 10.1 Å². The second kappa shape index (κ2) is 6.10. The van der Waals surface area contributed by atoms with Crippen LogP contribution in [0.5, 0.6) is 0 Å². The molecule has 1 aromatic rings. The molecule has 0 aliphatic heterocycles. The molecule has 0 bridgehead atoms. The SMILES string of the molecule is Cl.NCc1cccc(C(=O)C[N+](=O)[O-])c1. The smallest absolute Gasteiger partial charge is 0.265 e. The van der Waals surface area contributed by atoms with Crippen molar-refractivity contribution in [3.8, 4) is 0 Å². The number of hydrogen-bond donors (Lipinski definition) is 1. The molecule has 5 nitrogen and oxygen atoms in total. The van der Waals surface area contributed by atoms with Crippen molar-refractivity contribution in [2.75, 3.05) is 6.54 Å². The molecular formula is C9H11ClN2O3. The highest BCUT2D eigenvalue weighted by atomic mass is 35.5. The molecule has 6 heteroatoms. The molecule has 0 spiro atoms. The van der Waals surface area contributed by atoms with Crippen LogP contribution in [0.25, 0.3) is 0 Å². The minimum atomic E-state index is -0.673. The molecule has 0 saturated carbocycles. The maximum atomic E-state index is 11.2. The zero-order valence-electron chi connectivity index (χ0n) is 7.88. The monoisotopic (exact) mass is 230 g/mol. The van der Waals surface area contributed by atoms with E-state index in [1.54, 1.807) is 24.3 Å². The molecule has 15 heavy (non-hydrogen) atoms. The van der Waals surface area contributed by atoms with E-state index in [4.69, 9.17) is 5.73 Å². The number of carbonyl (C=O) groups is 1. The van der Waals surface area contributed by atoms with Gasteiger partial charge in [0.05, 0.1) is 0 Å². The Labute approximate surface area is 92.8 Å². The van der Waals surface area contributed by atoms with E-state index in [1.807, 2.05) is 0 Å². The van der Waals surface area contributed by atoms with E-state index in [-0.39, 0.29) is 12.4 Å². The van der Waals surface area contributed by atoms with Gasteiger partial charge in [-0.25, -0.2) is 0 Å². The predicted molar refractivity (Wildman–Crippen MR) is 57.8 cm³/mol. The van der Waals surface area contributed by atoms with Crippen LogP contribution in [-0.2, 0) is 6.54 Å². The van der Waals surface area contributed by atoms with Gasteiger partial charge in [0.25, 0.3) is 6.54 Å². The molecule has 0 aliphatic rings. The molecule has 1 aromatic carbocycles. The van der Waals surface area contributed by atoms with E-state index in [0.717, 1.165) is 5.56 Å². The van der Waals surface area contributed by atoms with Crippen LogP contribution in [-0.4, -0.2) is 17.3 Å². The average molecular weight is 231 g/mol. The van der Waals surface area contributed by atoms with Crippen molar-refractivity contribution >= 4 is 18.2 Å². The Hall–Kier alpha value is -1.46. The highest BCUT2D eigenvalue weighted by Gasteiger charge is 2.12. The van der Waals surface area contributed by atoms with Gasteiger partial charge in [-0.3, -0.25) is 14.9 Å².